The normalized spacial score (nSPS) is 14.0. The number of benzene rings is 1. The fourth-order valence-corrected chi connectivity index (χ4v) is 1.97. The highest BCUT2D eigenvalue weighted by atomic mass is 16.5. The van der Waals surface area contributed by atoms with E-state index in [-0.39, 0.29) is 0 Å². The molecule has 1 aromatic rings. The van der Waals surface area contributed by atoms with Crippen LogP contribution in [0.4, 0.5) is 5.69 Å². The molecule has 13 heavy (non-hydrogen) atoms. The van der Waals surface area contributed by atoms with Crippen LogP contribution in [0.5, 0.6) is 5.75 Å². The van der Waals surface area contributed by atoms with Gasteiger partial charge in [-0.25, -0.2) is 0 Å². The number of nitrogens with one attached hydrogen (secondary N) is 1. The van der Waals surface area contributed by atoms with Gasteiger partial charge in [-0.2, -0.15) is 0 Å². The Hall–Kier alpha value is -1.18. The van der Waals surface area contributed by atoms with E-state index in [9.17, 15) is 0 Å². The molecule has 0 saturated heterocycles. The van der Waals surface area contributed by atoms with Gasteiger partial charge in [-0.1, -0.05) is 0 Å². The molecule has 1 aliphatic rings. The van der Waals surface area contributed by atoms with Crippen LogP contribution < -0.4 is 10.1 Å². The second kappa shape index (κ2) is 3.29. The molecule has 0 fully saturated rings. The van der Waals surface area contributed by atoms with Gasteiger partial charge in [0.15, 0.2) is 0 Å². The molecule has 1 aromatic carbocycles. The average molecular weight is 177 g/mol. The Bertz CT molecular complexity index is 289. The molecule has 0 amide bonds. The maximum absolute atomic E-state index is 5.30. The van der Waals surface area contributed by atoms with E-state index in [1.165, 1.54) is 30.4 Å². The minimum absolute atomic E-state index is 0.961. The minimum Gasteiger partial charge on any atom is -0.495 e. The van der Waals surface area contributed by atoms with Crippen molar-refractivity contribution in [1.29, 1.82) is 0 Å². The van der Waals surface area contributed by atoms with Crippen molar-refractivity contribution in [3.8, 4) is 5.75 Å². The molecule has 2 rings (SSSR count). The summed E-state index contributed by atoms with van der Waals surface area (Å²) in [6.07, 6.45) is 3.70. The topological polar surface area (TPSA) is 21.3 Å². The van der Waals surface area contributed by atoms with Gasteiger partial charge in [-0.3, -0.25) is 0 Å². The summed E-state index contributed by atoms with van der Waals surface area (Å²) >= 11 is 0. The smallest absolute Gasteiger partial charge is 0.142 e. The van der Waals surface area contributed by atoms with E-state index >= 15 is 0 Å². The van der Waals surface area contributed by atoms with Crippen molar-refractivity contribution in [3.05, 3.63) is 23.3 Å². The zero-order chi connectivity index (χ0) is 9.26. The summed E-state index contributed by atoms with van der Waals surface area (Å²) < 4.78 is 5.30. The molecule has 0 radical (unpaired) electrons. The first kappa shape index (κ1) is 8.42. The highest BCUT2D eigenvalue weighted by molar-refractivity contribution is 5.60. The van der Waals surface area contributed by atoms with Crippen molar-refractivity contribution < 1.29 is 4.74 Å². The molecular weight excluding hydrogens is 162 g/mol. The molecule has 2 nitrogen and oxygen atoms in total. The molecule has 0 saturated carbocycles. The molecular formula is C11H15NO. The van der Waals surface area contributed by atoms with Crippen molar-refractivity contribution in [1.82, 2.24) is 0 Å². The van der Waals surface area contributed by atoms with E-state index in [0.29, 0.717) is 0 Å². The van der Waals surface area contributed by atoms with E-state index in [0.717, 1.165) is 11.4 Å². The molecule has 0 bridgehead atoms. The van der Waals surface area contributed by atoms with Gasteiger partial charge in [0.1, 0.15) is 5.75 Å². The van der Waals surface area contributed by atoms with Crippen LogP contribution in [0.2, 0.25) is 0 Å². The van der Waals surface area contributed by atoms with Gasteiger partial charge in [0.25, 0.3) is 0 Å². The maximum atomic E-state index is 5.30. The zero-order valence-electron chi connectivity index (χ0n) is 8.18. The average Bonchev–Trinajstić information content (AvgIpc) is 2.62. The summed E-state index contributed by atoms with van der Waals surface area (Å²) in [6.45, 7) is 0. The van der Waals surface area contributed by atoms with Crippen LogP contribution in [-0.2, 0) is 12.8 Å². The number of methoxy groups -OCH3 is 1. The molecule has 2 heteroatoms. The zero-order valence-corrected chi connectivity index (χ0v) is 8.18. The lowest BCUT2D eigenvalue weighted by Crippen LogP contribution is -1.96. The van der Waals surface area contributed by atoms with Crippen LogP contribution in [0.25, 0.3) is 0 Å². The number of aryl methyl sites for hydroxylation is 2. The summed E-state index contributed by atoms with van der Waals surface area (Å²) in [7, 11) is 3.65. The molecule has 1 aliphatic carbocycles. The Morgan fingerprint density at radius 3 is 2.54 bits per heavy atom. The van der Waals surface area contributed by atoms with Crippen molar-refractivity contribution in [2.75, 3.05) is 19.5 Å². The van der Waals surface area contributed by atoms with Gasteiger partial charge >= 0.3 is 0 Å². The molecule has 1 N–H and O–H groups in total. The van der Waals surface area contributed by atoms with Gasteiger partial charge in [0, 0.05) is 7.05 Å². The number of fused-ring (bicyclic) bond motifs is 1. The standard InChI is InChI=1S/C11H15NO/c1-12-10-6-8-4-3-5-9(8)7-11(10)13-2/h6-7,12H,3-5H2,1-2H3. The van der Waals surface area contributed by atoms with E-state index in [1.807, 2.05) is 7.05 Å². The maximum Gasteiger partial charge on any atom is 0.142 e. The van der Waals surface area contributed by atoms with Crippen LogP contribution in [0.1, 0.15) is 17.5 Å². The number of ether oxygens (including phenoxy) is 1. The third-order valence-electron chi connectivity index (χ3n) is 2.68. The van der Waals surface area contributed by atoms with Crippen molar-refractivity contribution in [2.45, 2.75) is 19.3 Å². The number of hydrogen-bond donors (Lipinski definition) is 1. The van der Waals surface area contributed by atoms with Gasteiger partial charge in [-0.15, -0.1) is 0 Å². The van der Waals surface area contributed by atoms with Crippen molar-refractivity contribution >= 4 is 5.69 Å². The third-order valence-corrected chi connectivity index (χ3v) is 2.68. The van der Waals surface area contributed by atoms with E-state index < -0.39 is 0 Å². The highest BCUT2D eigenvalue weighted by Gasteiger charge is 2.14. The lowest BCUT2D eigenvalue weighted by atomic mass is 10.1. The molecule has 70 valence electrons. The lowest BCUT2D eigenvalue weighted by Gasteiger charge is -2.10. The summed E-state index contributed by atoms with van der Waals surface area (Å²) in [6, 6.07) is 4.37. The monoisotopic (exact) mass is 177 g/mol. The van der Waals surface area contributed by atoms with Gasteiger partial charge in [-0.05, 0) is 42.5 Å². The highest BCUT2D eigenvalue weighted by Crippen LogP contribution is 2.32. The van der Waals surface area contributed by atoms with E-state index in [4.69, 9.17) is 4.74 Å². The SMILES string of the molecule is CNc1cc2c(cc1OC)CCC2. The Morgan fingerprint density at radius 2 is 1.92 bits per heavy atom. The predicted octanol–water partition coefficient (Wildman–Crippen LogP) is 2.23. The second-order valence-corrected chi connectivity index (χ2v) is 3.42. The van der Waals surface area contributed by atoms with Crippen LogP contribution >= 0.6 is 0 Å². The summed E-state index contributed by atoms with van der Waals surface area (Å²) in [5.74, 6) is 0.961. The quantitative estimate of drug-likeness (QED) is 0.748. The van der Waals surface area contributed by atoms with Gasteiger partial charge in [0.05, 0.1) is 12.8 Å². The molecule has 0 spiro atoms. The number of rotatable bonds is 2. The number of hydrogen-bond acceptors (Lipinski definition) is 2. The lowest BCUT2D eigenvalue weighted by molar-refractivity contribution is 0.416. The largest absolute Gasteiger partial charge is 0.495 e. The molecule has 0 heterocycles. The second-order valence-electron chi connectivity index (χ2n) is 3.42. The summed E-state index contributed by atoms with van der Waals surface area (Å²) in [5, 5.41) is 3.15. The first-order valence-corrected chi connectivity index (χ1v) is 4.72. The molecule has 0 aromatic heterocycles. The van der Waals surface area contributed by atoms with Crippen LogP contribution in [-0.4, -0.2) is 14.2 Å². The Morgan fingerprint density at radius 1 is 1.23 bits per heavy atom. The van der Waals surface area contributed by atoms with Crippen molar-refractivity contribution in [2.24, 2.45) is 0 Å². The molecule has 0 atom stereocenters. The van der Waals surface area contributed by atoms with Gasteiger partial charge in [0.2, 0.25) is 0 Å². The Kier molecular flexibility index (Phi) is 2.13. The predicted molar refractivity (Wildman–Crippen MR) is 54.6 cm³/mol. The summed E-state index contributed by atoms with van der Waals surface area (Å²) in [4.78, 5) is 0. The van der Waals surface area contributed by atoms with Crippen LogP contribution in [0.15, 0.2) is 12.1 Å². The summed E-state index contributed by atoms with van der Waals surface area (Å²) in [5.41, 5.74) is 4.03. The fraction of sp³-hybridized carbons (Fsp3) is 0.455. The first-order valence-electron chi connectivity index (χ1n) is 4.72. The number of anilines is 1. The first-order chi connectivity index (χ1) is 6.35. The third kappa shape index (κ3) is 1.37. The fourth-order valence-electron chi connectivity index (χ4n) is 1.97. The van der Waals surface area contributed by atoms with Crippen LogP contribution in [0, 0.1) is 0 Å². The van der Waals surface area contributed by atoms with Gasteiger partial charge < -0.3 is 10.1 Å². The Balaban J connectivity index is 2.47. The van der Waals surface area contributed by atoms with Crippen molar-refractivity contribution in [3.63, 3.8) is 0 Å². The molecule has 0 aliphatic heterocycles. The Labute approximate surface area is 78.9 Å². The van der Waals surface area contributed by atoms with E-state index in [1.54, 1.807) is 7.11 Å². The van der Waals surface area contributed by atoms with Crippen LogP contribution in [0.3, 0.4) is 0 Å². The minimum atomic E-state index is 0.961. The van der Waals surface area contributed by atoms with E-state index in [2.05, 4.69) is 17.4 Å². The molecule has 0 unspecified atom stereocenters.